The number of halogens is 1. The van der Waals surface area contributed by atoms with Gasteiger partial charge < -0.3 is 15.4 Å². The van der Waals surface area contributed by atoms with Crippen molar-refractivity contribution in [2.24, 2.45) is 0 Å². The monoisotopic (exact) mass is 291 g/mol. The zero-order valence-electron chi connectivity index (χ0n) is 11.1. The van der Waals surface area contributed by atoms with Gasteiger partial charge in [0.15, 0.2) is 0 Å². The molecule has 0 radical (unpaired) electrons. The maximum absolute atomic E-state index is 12.5. The van der Waals surface area contributed by atoms with Crippen LogP contribution in [0.4, 0.5) is 11.4 Å². The van der Waals surface area contributed by atoms with Gasteiger partial charge in [-0.1, -0.05) is 11.6 Å². The third-order valence-electron chi connectivity index (χ3n) is 2.85. The highest BCUT2D eigenvalue weighted by atomic mass is 35.5. The Labute approximate surface area is 121 Å². The second kappa shape index (κ2) is 5.79. The number of nitrogens with zero attached hydrogens (tertiary/aromatic N) is 2. The number of pyridine rings is 1. The third-order valence-corrected chi connectivity index (χ3v) is 3.09. The Morgan fingerprint density at radius 1 is 1.40 bits per heavy atom. The van der Waals surface area contributed by atoms with Crippen molar-refractivity contribution in [2.75, 3.05) is 24.8 Å². The average Bonchev–Trinajstić information content (AvgIpc) is 2.48. The largest absolute Gasteiger partial charge is 0.480 e. The molecule has 2 aromatic rings. The second-order valence-corrected chi connectivity index (χ2v) is 4.56. The van der Waals surface area contributed by atoms with Crippen molar-refractivity contribution in [3.05, 3.63) is 47.1 Å². The number of amides is 1. The summed E-state index contributed by atoms with van der Waals surface area (Å²) in [5.74, 6) is -0.00568. The SMILES string of the molecule is COc1ncccc1C(=O)N(C)c1cc(Cl)ccc1N. The molecule has 2 rings (SSSR count). The number of anilines is 2. The predicted octanol–water partition coefficient (Wildman–Crippen LogP) is 2.60. The normalized spacial score (nSPS) is 10.2. The number of carbonyl (C=O) groups is 1. The van der Waals surface area contributed by atoms with Gasteiger partial charge in [0.25, 0.3) is 5.91 Å². The van der Waals surface area contributed by atoms with Crippen LogP contribution in [0.25, 0.3) is 0 Å². The number of aromatic nitrogens is 1. The maximum atomic E-state index is 12.5. The predicted molar refractivity (Wildman–Crippen MR) is 79.4 cm³/mol. The van der Waals surface area contributed by atoms with Crippen LogP contribution in [0.5, 0.6) is 5.88 Å². The molecule has 0 aliphatic carbocycles. The maximum Gasteiger partial charge on any atom is 0.263 e. The molecule has 0 saturated carbocycles. The summed E-state index contributed by atoms with van der Waals surface area (Å²) in [4.78, 5) is 17.9. The lowest BCUT2D eigenvalue weighted by Crippen LogP contribution is -2.27. The molecule has 0 aliphatic rings. The first-order chi connectivity index (χ1) is 9.54. The summed E-state index contributed by atoms with van der Waals surface area (Å²) in [5.41, 5.74) is 7.24. The first-order valence-corrected chi connectivity index (χ1v) is 6.24. The van der Waals surface area contributed by atoms with Crippen LogP contribution in [0.15, 0.2) is 36.5 Å². The molecule has 6 heteroatoms. The van der Waals surface area contributed by atoms with Crippen molar-refractivity contribution in [2.45, 2.75) is 0 Å². The zero-order chi connectivity index (χ0) is 14.7. The van der Waals surface area contributed by atoms with Gasteiger partial charge in [-0.05, 0) is 30.3 Å². The molecule has 1 aromatic carbocycles. The summed E-state index contributed by atoms with van der Waals surface area (Å²) < 4.78 is 5.09. The van der Waals surface area contributed by atoms with Gasteiger partial charge in [0.1, 0.15) is 5.56 Å². The number of hydrogen-bond acceptors (Lipinski definition) is 4. The van der Waals surface area contributed by atoms with Crippen molar-refractivity contribution in [1.29, 1.82) is 0 Å². The van der Waals surface area contributed by atoms with Gasteiger partial charge in [-0.2, -0.15) is 0 Å². The van der Waals surface area contributed by atoms with Crippen molar-refractivity contribution < 1.29 is 9.53 Å². The van der Waals surface area contributed by atoms with Crippen molar-refractivity contribution in [1.82, 2.24) is 4.98 Å². The number of benzene rings is 1. The highest BCUT2D eigenvalue weighted by Gasteiger charge is 2.20. The minimum Gasteiger partial charge on any atom is -0.480 e. The van der Waals surface area contributed by atoms with E-state index >= 15 is 0 Å². The van der Waals surface area contributed by atoms with Crippen molar-refractivity contribution in [3.63, 3.8) is 0 Å². The Morgan fingerprint density at radius 2 is 2.15 bits per heavy atom. The van der Waals surface area contributed by atoms with E-state index in [1.807, 2.05) is 0 Å². The van der Waals surface area contributed by atoms with Gasteiger partial charge in [0.2, 0.25) is 5.88 Å². The quantitative estimate of drug-likeness (QED) is 0.883. The smallest absolute Gasteiger partial charge is 0.263 e. The topological polar surface area (TPSA) is 68.5 Å². The van der Waals surface area contributed by atoms with Gasteiger partial charge in [-0.3, -0.25) is 4.79 Å². The number of rotatable bonds is 3. The lowest BCUT2D eigenvalue weighted by atomic mass is 10.2. The van der Waals surface area contributed by atoms with E-state index in [4.69, 9.17) is 22.1 Å². The van der Waals surface area contributed by atoms with Crippen LogP contribution in [0.1, 0.15) is 10.4 Å². The number of carbonyl (C=O) groups excluding carboxylic acids is 1. The fourth-order valence-corrected chi connectivity index (χ4v) is 1.98. The van der Waals surface area contributed by atoms with Crippen LogP contribution < -0.4 is 15.4 Å². The Hall–Kier alpha value is -2.27. The van der Waals surface area contributed by atoms with Crippen LogP contribution in [0, 0.1) is 0 Å². The minimum absolute atomic E-state index is 0.268. The highest BCUT2D eigenvalue weighted by molar-refractivity contribution is 6.31. The Kier molecular flexibility index (Phi) is 4.10. The molecule has 1 amide bonds. The molecule has 0 fully saturated rings. The molecule has 0 saturated heterocycles. The Bertz CT molecular complexity index is 646. The van der Waals surface area contributed by atoms with E-state index in [0.29, 0.717) is 22.0 Å². The molecule has 1 heterocycles. The van der Waals surface area contributed by atoms with Crippen LogP contribution >= 0.6 is 11.6 Å². The molecule has 0 bridgehead atoms. The van der Waals surface area contributed by atoms with Crippen LogP contribution in [-0.4, -0.2) is 25.0 Å². The van der Waals surface area contributed by atoms with E-state index in [9.17, 15) is 4.79 Å². The van der Waals surface area contributed by atoms with Gasteiger partial charge in [-0.25, -0.2) is 4.98 Å². The molecule has 5 nitrogen and oxygen atoms in total. The third kappa shape index (κ3) is 2.67. The average molecular weight is 292 g/mol. The Morgan fingerprint density at radius 3 is 2.85 bits per heavy atom. The molecule has 0 spiro atoms. The summed E-state index contributed by atoms with van der Waals surface area (Å²) in [6, 6.07) is 8.28. The van der Waals surface area contributed by atoms with Crippen molar-refractivity contribution >= 4 is 28.9 Å². The molecule has 0 atom stereocenters. The Balaban J connectivity index is 2.40. The van der Waals surface area contributed by atoms with E-state index in [1.165, 1.54) is 12.0 Å². The molecular weight excluding hydrogens is 278 g/mol. The first kappa shape index (κ1) is 14.1. The summed E-state index contributed by atoms with van der Waals surface area (Å²) in [7, 11) is 3.09. The van der Waals surface area contributed by atoms with E-state index in [2.05, 4.69) is 4.98 Å². The van der Waals surface area contributed by atoms with Crippen molar-refractivity contribution in [3.8, 4) is 5.88 Å². The summed E-state index contributed by atoms with van der Waals surface area (Å²) in [5, 5.41) is 0.506. The van der Waals surface area contributed by atoms with Gasteiger partial charge in [0.05, 0.1) is 18.5 Å². The number of methoxy groups -OCH3 is 1. The zero-order valence-corrected chi connectivity index (χ0v) is 11.9. The number of nitrogen functional groups attached to an aromatic ring is 1. The van der Waals surface area contributed by atoms with E-state index in [0.717, 1.165) is 0 Å². The van der Waals surface area contributed by atoms with Gasteiger partial charge >= 0.3 is 0 Å². The molecule has 0 aliphatic heterocycles. The number of hydrogen-bond donors (Lipinski definition) is 1. The second-order valence-electron chi connectivity index (χ2n) is 4.13. The van der Waals surface area contributed by atoms with Gasteiger partial charge in [-0.15, -0.1) is 0 Å². The molecule has 1 aromatic heterocycles. The summed E-state index contributed by atoms with van der Waals surface area (Å²) in [6.45, 7) is 0. The fourth-order valence-electron chi connectivity index (χ4n) is 1.81. The van der Waals surface area contributed by atoms with Crippen LogP contribution in [-0.2, 0) is 0 Å². The standard InChI is InChI=1S/C14H14ClN3O2/c1-18(12-8-9(15)5-6-11(12)16)14(19)10-4-3-7-17-13(10)20-2/h3-8H,16H2,1-2H3. The molecule has 20 heavy (non-hydrogen) atoms. The fraction of sp³-hybridized carbons (Fsp3) is 0.143. The number of nitrogens with two attached hydrogens (primary N) is 1. The molecule has 2 N–H and O–H groups in total. The minimum atomic E-state index is -0.274. The summed E-state index contributed by atoms with van der Waals surface area (Å²) in [6.07, 6.45) is 1.56. The molecule has 0 unspecified atom stereocenters. The van der Waals surface area contributed by atoms with Crippen LogP contribution in [0.2, 0.25) is 5.02 Å². The summed E-state index contributed by atoms with van der Waals surface area (Å²) >= 11 is 5.94. The van der Waals surface area contributed by atoms with E-state index in [-0.39, 0.29) is 11.8 Å². The number of ether oxygens (including phenoxy) is 1. The molecular formula is C14H14ClN3O2. The lowest BCUT2D eigenvalue weighted by Gasteiger charge is -2.20. The lowest BCUT2D eigenvalue weighted by molar-refractivity contribution is 0.0989. The van der Waals surface area contributed by atoms with Gasteiger partial charge in [0, 0.05) is 18.3 Å². The van der Waals surface area contributed by atoms with E-state index < -0.39 is 0 Å². The van der Waals surface area contributed by atoms with Crippen LogP contribution in [0.3, 0.4) is 0 Å². The molecule has 104 valence electrons. The first-order valence-electron chi connectivity index (χ1n) is 5.86. The highest BCUT2D eigenvalue weighted by Crippen LogP contribution is 2.28. The van der Waals surface area contributed by atoms with E-state index in [1.54, 1.807) is 43.6 Å².